The molecule has 4 aliphatic carbocycles. The minimum absolute atomic E-state index is 0.00342. The number of carbonyl (C=O) groups excluding carboxylic acids is 2. The Morgan fingerprint density at radius 2 is 1.79 bits per heavy atom. The first kappa shape index (κ1) is 16.4. The molecule has 132 valence electrons. The van der Waals surface area contributed by atoms with Gasteiger partial charge in [-0.3, -0.25) is 9.59 Å². The van der Waals surface area contributed by atoms with Crippen molar-refractivity contribution in [1.29, 1.82) is 0 Å². The molecule has 0 radical (unpaired) electrons. The molecule has 0 aromatic rings. The van der Waals surface area contributed by atoms with Gasteiger partial charge in [-0.25, -0.2) is 0 Å². The van der Waals surface area contributed by atoms with Crippen LogP contribution in [0.2, 0.25) is 0 Å². The first-order valence-electron chi connectivity index (χ1n) is 9.75. The predicted molar refractivity (Wildman–Crippen MR) is 92.5 cm³/mol. The Bertz CT molecular complexity index is 633. The first-order valence-corrected chi connectivity index (χ1v) is 9.75. The minimum Gasteiger partial charge on any atom is -0.504 e. The second-order valence-electron chi connectivity index (χ2n) is 9.37. The lowest BCUT2D eigenvalue weighted by Gasteiger charge is -2.58. The average Bonchev–Trinajstić information content (AvgIpc) is 2.89. The van der Waals surface area contributed by atoms with Crippen molar-refractivity contribution in [2.45, 2.75) is 72.1 Å². The lowest BCUT2D eigenvalue weighted by molar-refractivity contribution is -0.129. The number of fused-ring (bicyclic) bond motifs is 5. The lowest BCUT2D eigenvalue weighted by Crippen LogP contribution is -2.51. The Labute approximate surface area is 144 Å². The molecule has 6 unspecified atom stereocenters. The Morgan fingerprint density at radius 1 is 1.04 bits per heavy atom. The van der Waals surface area contributed by atoms with E-state index in [9.17, 15) is 14.7 Å². The van der Waals surface area contributed by atoms with Crippen molar-refractivity contribution in [3.8, 4) is 0 Å². The third-order valence-corrected chi connectivity index (χ3v) is 8.58. The number of Topliss-reactive ketones (excluding diaryl/α,β-unsaturated/α-hetero) is 2. The summed E-state index contributed by atoms with van der Waals surface area (Å²) >= 11 is 0. The normalized spacial score (nSPS) is 47.9. The summed E-state index contributed by atoms with van der Waals surface area (Å²) in [6.45, 7) is 6.43. The molecule has 0 spiro atoms. The summed E-state index contributed by atoms with van der Waals surface area (Å²) in [4.78, 5) is 24.1. The van der Waals surface area contributed by atoms with Gasteiger partial charge < -0.3 is 5.11 Å². The van der Waals surface area contributed by atoms with Crippen LogP contribution >= 0.6 is 0 Å². The quantitative estimate of drug-likeness (QED) is 0.764. The number of hydrogen-bond donors (Lipinski definition) is 1. The molecular weight excluding hydrogens is 300 g/mol. The Balaban J connectivity index is 1.69. The fourth-order valence-corrected chi connectivity index (χ4v) is 7.35. The van der Waals surface area contributed by atoms with Crippen LogP contribution in [0.4, 0.5) is 0 Å². The van der Waals surface area contributed by atoms with Crippen LogP contribution in [-0.2, 0) is 9.59 Å². The summed E-state index contributed by atoms with van der Waals surface area (Å²) < 4.78 is 0. The highest BCUT2D eigenvalue weighted by atomic mass is 16.3. The van der Waals surface area contributed by atoms with Crippen molar-refractivity contribution in [1.82, 2.24) is 0 Å². The topological polar surface area (TPSA) is 54.4 Å². The van der Waals surface area contributed by atoms with Gasteiger partial charge in [0.05, 0.1) is 0 Å². The number of aliphatic hydroxyl groups is 1. The van der Waals surface area contributed by atoms with E-state index in [1.54, 1.807) is 6.92 Å². The molecule has 3 heteroatoms. The van der Waals surface area contributed by atoms with Crippen LogP contribution < -0.4 is 0 Å². The summed E-state index contributed by atoms with van der Waals surface area (Å²) in [6.07, 6.45) is 7.85. The van der Waals surface area contributed by atoms with Crippen LogP contribution in [0, 0.1) is 34.5 Å². The molecule has 1 N–H and O–H groups in total. The molecule has 4 rings (SSSR count). The van der Waals surface area contributed by atoms with E-state index in [0.29, 0.717) is 30.0 Å². The standard InChI is InChI=1S/C21H30O3/c1-12(22)14-6-7-15-13-4-5-17-19(24)18(23)9-11-21(17,3)16(13)8-10-20(14,15)2/h13-16,24H,4-11H2,1-3H3. The molecule has 0 aliphatic heterocycles. The van der Waals surface area contributed by atoms with E-state index >= 15 is 0 Å². The number of carbonyl (C=O) groups is 2. The molecule has 0 bridgehead atoms. The van der Waals surface area contributed by atoms with Crippen molar-refractivity contribution in [3.05, 3.63) is 11.3 Å². The fraction of sp³-hybridized carbons (Fsp3) is 0.810. The summed E-state index contributed by atoms with van der Waals surface area (Å²) in [5, 5.41) is 10.4. The van der Waals surface area contributed by atoms with E-state index in [0.717, 1.165) is 44.1 Å². The molecule has 0 heterocycles. The monoisotopic (exact) mass is 330 g/mol. The molecule has 4 aliphatic rings. The van der Waals surface area contributed by atoms with Crippen molar-refractivity contribution in [3.63, 3.8) is 0 Å². The zero-order valence-corrected chi connectivity index (χ0v) is 15.2. The molecule has 24 heavy (non-hydrogen) atoms. The van der Waals surface area contributed by atoms with Crippen LogP contribution in [0.1, 0.15) is 72.1 Å². The minimum atomic E-state index is -0.0564. The van der Waals surface area contributed by atoms with Gasteiger partial charge in [0.25, 0.3) is 0 Å². The summed E-state index contributed by atoms with van der Waals surface area (Å²) in [5.41, 5.74) is 1.22. The Morgan fingerprint density at radius 3 is 2.50 bits per heavy atom. The SMILES string of the molecule is CC(=O)C1CCC2C3CCC4=C(O)C(=O)CCC4(C)C3CCC12C. The summed E-state index contributed by atoms with van der Waals surface area (Å²) in [5.74, 6) is 2.52. The van der Waals surface area contributed by atoms with E-state index < -0.39 is 0 Å². The second kappa shape index (κ2) is 5.19. The van der Waals surface area contributed by atoms with Crippen LogP contribution in [0.25, 0.3) is 0 Å². The van der Waals surface area contributed by atoms with E-state index in [4.69, 9.17) is 0 Å². The number of rotatable bonds is 1. The van der Waals surface area contributed by atoms with Crippen molar-refractivity contribution < 1.29 is 14.7 Å². The number of ketones is 2. The summed E-state index contributed by atoms with van der Waals surface area (Å²) in [6, 6.07) is 0. The first-order chi connectivity index (χ1) is 11.3. The van der Waals surface area contributed by atoms with Crippen LogP contribution in [0.15, 0.2) is 11.3 Å². The van der Waals surface area contributed by atoms with Crippen molar-refractivity contribution in [2.75, 3.05) is 0 Å². The predicted octanol–water partition coefficient (Wildman–Crippen LogP) is 4.61. The molecule has 6 atom stereocenters. The van der Waals surface area contributed by atoms with Gasteiger partial charge in [-0.1, -0.05) is 13.8 Å². The van der Waals surface area contributed by atoms with Gasteiger partial charge in [0.15, 0.2) is 11.5 Å². The van der Waals surface area contributed by atoms with Crippen LogP contribution in [0.5, 0.6) is 0 Å². The Kier molecular flexibility index (Phi) is 3.54. The second-order valence-corrected chi connectivity index (χ2v) is 9.37. The fourth-order valence-electron chi connectivity index (χ4n) is 7.35. The van der Waals surface area contributed by atoms with E-state index in [1.165, 1.54) is 6.42 Å². The zero-order valence-electron chi connectivity index (χ0n) is 15.2. The Hall–Kier alpha value is -1.12. The lowest BCUT2D eigenvalue weighted by atomic mass is 9.46. The third kappa shape index (κ3) is 1.96. The molecule has 3 fully saturated rings. The van der Waals surface area contributed by atoms with Gasteiger partial charge in [0.2, 0.25) is 0 Å². The average molecular weight is 330 g/mol. The van der Waals surface area contributed by atoms with Crippen molar-refractivity contribution >= 4 is 11.6 Å². The maximum absolute atomic E-state index is 12.2. The van der Waals surface area contributed by atoms with E-state index in [1.807, 2.05) is 0 Å². The number of aliphatic hydroxyl groups excluding tert-OH is 1. The summed E-state index contributed by atoms with van der Waals surface area (Å²) in [7, 11) is 0. The van der Waals surface area contributed by atoms with Crippen molar-refractivity contribution in [2.24, 2.45) is 34.5 Å². The van der Waals surface area contributed by atoms with Gasteiger partial charge in [-0.2, -0.15) is 0 Å². The molecule has 0 saturated heterocycles. The maximum atomic E-state index is 12.2. The smallest absolute Gasteiger partial charge is 0.197 e. The molecule has 0 amide bonds. The highest BCUT2D eigenvalue weighted by Gasteiger charge is 2.60. The maximum Gasteiger partial charge on any atom is 0.197 e. The van der Waals surface area contributed by atoms with Gasteiger partial charge in [-0.05, 0) is 86.0 Å². The van der Waals surface area contributed by atoms with Gasteiger partial charge >= 0.3 is 0 Å². The molecule has 0 aromatic heterocycles. The zero-order chi connectivity index (χ0) is 17.3. The highest BCUT2D eigenvalue weighted by molar-refractivity contribution is 5.95. The van der Waals surface area contributed by atoms with E-state index in [-0.39, 0.29) is 28.3 Å². The van der Waals surface area contributed by atoms with Crippen LogP contribution in [0.3, 0.4) is 0 Å². The molecule has 3 saturated carbocycles. The largest absolute Gasteiger partial charge is 0.504 e. The van der Waals surface area contributed by atoms with E-state index in [2.05, 4.69) is 13.8 Å². The molecule has 0 aromatic carbocycles. The van der Waals surface area contributed by atoms with Crippen LogP contribution in [-0.4, -0.2) is 16.7 Å². The van der Waals surface area contributed by atoms with Gasteiger partial charge in [0.1, 0.15) is 5.78 Å². The number of hydrogen-bond acceptors (Lipinski definition) is 3. The highest BCUT2D eigenvalue weighted by Crippen LogP contribution is 2.66. The molecule has 3 nitrogen and oxygen atoms in total. The molecular formula is C21H30O3. The van der Waals surface area contributed by atoms with Gasteiger partial charge in [-0.15, -0.1) is 0 Å². The van der Waals surface area contributed by atoms with Gasteiger partial charge in [0, 0.05) is 12.3 Å². The third-order valence-electron chi connectivity index (χ3n) is 8.58. The number of allylic oxidation sites excluding steroid dienone is 1.